The van der Waals surface area contributed by atoms with Crippen molar-refractivity contribution in [1.82, 2.24) is 10.3 Å². The summed E-state index contributed by atoms with van der Waals surface area (Å²) in [6.07, 6.45) is 2.30. The molecular weight excluding hydrogens is 258 g/mol. The summed E-state index contributed by atoms with van der Waals surface area (Å²) in [5.41, 5.74) is 8.44. The molecule has 19 heavy (non-hydrogen) atoms. The number of nitrogens with zero attached hydrogens (tertiary/aromatic N) is 1. The van der Waals surface area contributed by atoms with Crippen LogP contribution >= 0.6 is 12.4 Å². The first-order chi connectivity index (χ1) is 8.84. The van der Waals surface area contributed by atoms with Crippen molar-refractivity contribution in [3.63, 3.8) is 0 Å². The molecule has 2 heterocycles. The number of nitrogens with two attached hydrogens (primary N) is 1. The first kappa shape index (κ1) is 14.3. The first-order valence-corrected chi connectivity index (χ1v) is 6.66. The minimum absolute atomic E-state index is 0. The SMILES string of the molecule is Cl.N[C@@H](c1ccc2ccccc2n1)C1CCNCC1. The van der Waals surface area contributed by atoms with Gasteiger partial charge in [0.15, 0.2) is 0 Å². The summed E-state index contributed by atoms with van der Waals surface area (Å²) >= 11 is 0. The topological polar surface area (TPSA) is 50.9 Å². The van der Waals surface area contributed by atoms with Crippen LogP contribution in [0.1, 0.15) is 24.6 Å². The zero-order valence-electron chi connectivity index (χ0n) is 10.9. The smallest absolute Gasteiger partial charge is 0.0706 e. The molecule has 0 spiro atoms. The zero-order chi connectivity index (χ0) is 12.4. The molecule has 0 amide bonds. The van der Waals surface area contributed by atoms with Gasteiger partial charge in [-0.15, -0.1) is 12.4 Å². The lowest BCUT2D eigenvalue weighted by molar-refractivity contribution is 0.319. The molecule has 0 radical (unpaired) electrons. The van der Waals surface area contributed by atoms with E-state index in [1.54, 1.807) is 0 Å². The van der Waals surface area contributed by atoms with Crippen LogP contribution in [0.25, 0.3) is 10.9 Å². The van der Waals surface area contributed by atoms with E-state index >= 15 is 0 Å². The molecule has 3 rings (SSSR count). The van der Waals surface area contributed by atoms with Crippen molar-refractivity contribution < 1.29 is 0 Å². The molecule has 3 N–H and O–H groups in total. The third-order valence-electron chi connectivity index (χ3n) is 3.85. The van der Waals surface area contributed by atoms with E-state index in [0.29, 0.717) is 5.92 Å². The van der Waals surface area contributed by atoms with Gasteiger partial charge in [0, 0.05) is 11.4 Å². The molecule has 0 unspecified atom stereocenters. The van der Waals surface area contributed by atoms with E-state index < -0.39 is 0 Å². The molecule has 1 saturated heterocycles. The average molecular weight is 278 g/mol. The van der Waals surface area contributed by atoms with Gasteiger partial charge in [-0.2, -0.15) is 0 Å². The van der Waals surface area contributed by atoms with Crippen molar-refractivity contribution in [2.24, 2.45) is 11.7 Å². The number of benzene rings is 1. The normalized spacial score (nSPS) is 17.9. The van der Waals surface area contributed by atoms with Crippen LogP contribution in [-0.2, 0) is 0 Å². The van der Waals surface area contributed by atoms with Crippen molar-refractivity contribution in [3.8, 4) is 0 Å². The molecule has 0 bridgehead atoms. The van der Waals surface area contributed by atoms with Crippen LogP contribution in [0.5, 0.6) is 0 Å². The van der Waals surface area contributed by atoms with Gasteiger partial charge in [-0.25, -0.2) is 0 Å². The summed E-state index contributed by atoms with van der Waals surface area (Å²) in [5, 5.41) is 4.55. The van der Waals surface area contributed by atoms with Crippen LogP contribution in [0.2, 0.25) is 0 Å². The Bertz CT molecular complexity index is 538. The Labute approximate surface area is 120 Å². The third-order valence-corrected chi connectivity index (χ3v) is 3.85. The highest BCUT2D eigenvalue weighted by atomic mass is 35.5. The number of piperidine rings is 1. The maximum absolute atomic E-state index is 6.37. The summed E-state index contributed by atoms with van der Waals surface area (Å²) in [4.78, 5) is 4.70. The number of rotatable bonds is 2. The summed E-state index contributed by atoms with van der Waals surface area (Å²) < 4.78 is 0. The fourth-order valence-corrected chi connectivity index (χ4v) is 2.71. The van der Waals surface area contributed by atoms with E-state index in [4.69, 9.17) is 10.7 Å². The second-order valence-electron chi connectivity index (χ2n) is 5.04. The lowest BCUT2D eigenvalue weighted by Crippen LogP contribution is -2.34. The predicted octanol–water partition coefficient (Wildman–Crippen LogP) is 2.66. The lowest BCUT2D eigenvalue weighted by atomic mass is 9.88. The van der Waals surface area contributed by atoms with Gasteiger partial charge >= 0.3 is 0 Å². The van der Waals surface area contributed by atoms with Gasteiger partial charge in [-0.05, 0) is 44.0 Å². The lowest BCUT2D eigenvalue weighted by Gasteiger charge is -2.27. The van der Waals surface area contributed by atoms with E-state index in [0.717, 1.165) is 37.1 Å². The molecule has 1 fully saturated rings. The Morgan fingerprint density at radius 2 is 1.84 bits per heavy atom. The maximum atomic E-state index is 6.37. The monoisotopic (exact) mass is 277 g/mol. The summed E-state index contributed by atoms with van der Waals surface area (Å²) in [7, 11) is 0. The summed E-state index contributed by atoms with van der Waals surface area (Å²) in [5.74, 6) is 0.555. The number of nitrogens with one attached hydrogen (secondary N) is 1. The molecule has 3 nitrogen and oxygen atoms in total. The fourth-order valence-electron chi connectivity index (χ4n) is 2.71. The average Bonchev–Trinajstić information content (AvgIpc) is 2.47. The molecule has 1 atom stereocenters. The molecule has 4 heteroatoms. The number of pyridine rings is 1. The minimum Gasteiger partial charge on any atom is -0.322 e. The fraction of sp³-hybridized carbons (Fsp3) is 0.400. The molecule has 1 aliphatic heterocycles. The number of para-hydroxylation sites is 1. The van der Waals surface area contributed by atoms with Gasteiger partial charge in [-0.1, -0.05) is 24.3 Å². The summed E-state index contributed by atoms with van der Waals surface area (Å²) in [6, 6.07) is 12.5. The summed E-state index contributed by atoms with van der Waals surface area (Å²) in [6.45, 7) is 2.15. The van der Waals surface area contributed by atoms with Crippen LogP contribution in [0, 0.1) is 5.92 Å². The van der Waals surface area contributed by atoms with Gasteiger partial charge in [-0.3, -0.25) is 4.98 Å². The van der Waals surface area contributed by atoms with E-state index in [1.165, 1.54) is 5.39 Å². The second kappa shape index (κ2) is 6.33. The minimum atomic E-state index is 0. The Kier molecular flexibility index (Phi) is 4.75. The predicted molar refractivity (Wildman–Crippen MR) is 81.5 cm³/mol. The van der Waals surface area contributed by atoms with Crippen molar-refractivity contribution in [2.45, 2.75) is 18.9 Å². The number of aromatic nitrogens is 1. The van der Waals surface area contributed by atoms with Crippen LogP contribution in [0.4, 0.5) is 0 Å². The van der Waals surface area contributed by atoms with E-state index in [1.807, 2.05) is 18.2 Å². The molecular formula is C15H20ClN3. The molecule has 1 aromatic carbocycles. The van der Waals surface area contributed by atoms with Crippen LogP contribution in [0.15, 0.2) is 36.4 Å². The van der Waals surface area contributed by atoms with E-state index in [-0.39, 0.29) is 18.4 Å². The molecule has 102 valence electrons. The number of fused-ring (bicyclic) bond motifs is 1. The number of hydrogen-bond acceptors (Lipinski definition) is 3. The van der Waals surface area contributed by atoms with Gasteiger partial charge in [0.2, 0.25) is 0 Å². The molecule has 0 aliphatic carbocycles. The Balaban J connectivity index is 0.00000133. The van der Waals surface area contributed by atoms with Gasteiger partial charge < -0.3 is 11.1 Å². The van der Waals surface area contributed by atoms with Crippen molar-refractivity contribution in [1.29, 1.82) is 0 Å². The van der Waals surface area contributed by atoms with E-state index in [2.05, 4.69) is 23.5 Å². The molecule has 0 saturated carbocycles. The third kappa shape index (κ3) is 3.06. The number of halogens is 1. The van der Waals surface area contributed by atoms with Gasteiger partial charge in [0.25, 0.3) is 0 Å². The van der Waals surface area contributed by atoms with Crippen molar-refractivity contribution in [3.05, 3.63) is 42.1 Å². The van der Waals surface area contributed by atoms with Crippen molar-refractivity contribution in [2.75, 3.05) is 13.1 Å². The van der Waals surface area contributed by atoms with Gasteiger partial charge in [0.05, 0.1) is 11.2 Å². The Morgan fingerprint density at radius 1 is 1.11 bits per heavy atom. The molecule has 1 aromatic heterocycles. The highest BCUT2D eigenvalue weighted by Crippen LogP contribution is 2.26. The molecule has 1 aliphatic rings. The highest BCUT2D eigenvalue weighted by Gasteiger charge is 2.22. The Morgan fingerprint density at radius 3 is 2.63 bits per heavy atom. The van der Waals surface area contributed by atoms with Crippen LogP contribution in [0.3, 0.4) is 0 Å². The highest BCUT2D eigenvalue weighted by molar-refractivity contribution is 5.85. The Hall–Kier alpha value is -1.16. The standard InChI is InChI=1S/C15H19N3.ClH/c16-15(12-7-9-17-10-8-12)14-6-5-11-3-1-2-4-13(11)18-14;/h1-6,12,15,17H,7-10,16H2;1H/t15-;/m1./s1. The first-order valence-electron chi connectivity index (χ1n) is 6.66. The second-order valence-corrected chi connectivity index (χ2v) is 5.04. The van der Waals surface area contributed by atoms with Gasteiger partial charge in [0.1, 0.15) is 0 Å². The molecule has 2 aromatic rings. The maximum Gasteiger partial charge on any atom is 0.0706 e. The quantitative estimate of drug-likeness (QED) is 0.887. The van der Waals surface area contributed by atoms with Crippen molar-refractivity contribution >= 4 is 23.3 Å². The number of hydrogen-bond donors (Lipinski definition) is 2. The van der Waals surface area contributed by atoms with Crippen LogP contribution < -0.4 is 11.1 Å². The van der Waals surface area contributed by atoms with Crippen LogP contribution in [-0.4, -0.2) is 18.1 Å². The largest absolute Gasteiger partial charge is 0.322 e. The van der Waals surface area contributed by atoms with E-state index in [9.17, 15) is 0 Å². The zero-order valence-corrected chi connectivity index (χ0v) is 11.7.